The molecule has 1 aromatic carbocycles. The number of ketones is 1. The predicted octanol–water partition coefficient (Wildman–Crippen LogP) is 3.09. The topological polar surface area (TPSA) is 92.3 Å². The normalized spacial score (nSPS) is 16.6. The van der Waals surface area contributed by atoms with Crippen molar-refractivity contribution in [3.8, 4) is 0 Å². The molecule has 1 amide bonds. The number of carbonyl (C=O) groups is 2. The average molecular weight is 407 g/mol. The Balaban J connectivity index is 1.66. The highest BCUT2D eigenvalue weighted by Crippen LogP contribution is 2.33. The van der Waals surface area contributed by atoms with Gasteiger partial charge < -0.3 is 0 Å². The maximum Gasteiger partial charge on any atom is 0.276 e. The fourth-order valence-corrected chi connectivity index (χ4v) is 5.11. The van der Waals surface area contributed by atoms with Gasteiger partial charge in [-0.05, 0) is 55.9 Å². The van der Waals surface area contributed by atoms with Crippen molar-refractivity contribution in [3.05, 3.63) is 51.2 Å². The first-order chi connectivity index (χ1) is 12.8. The quantitative estimate of drug-likeness (QED) is 0.570. The Kier molecular flexibility index (Phi) is 5.78. The van der Waals surface area contributed by atoms with Crippen LogP contribution in [0, 0.1) is 5.92 Å². The van der Waals surface area contributed by atoms with Gasteiger partial charge in [0.05, 0.1) is 9.77 Å². The van der Waals surface area contributed by atoms with Crippen LogP contribution >= 0.6 is 11.3 Å². The van der Waals surface area contributed by atoms with Crippen molar-refractivity contribution in [3.63, 3.8) is 0 Å². The molecule has 144 valence electrons. The van der Waals surface area contributed by atoms with Crippen molar-refractivity contribution in [2.24, 2.45) is 5.92 Å². The Labute approximate surface area is 163 Å². The largest absolute Gasteiger partial charge is 0.295 e. The summed E-state index contributed by atoms with van der Waals surface area (Å²) in [5.41, 5.74) is 3.90. The molecule has 0 bridgehead atoms. The van der Waals surface area contributed by atoms with E-state index in [1.54, 1.807) is 0 Å². The molecule has 2 aromatic rings. The summed E-state index contributed by atoms with van der Waals surface area (Å²) < 4.78 is 24.6. The molecule has 0 fully saturated rings. The number of amides is 1. The summed E-state index contributed by atoms with van der Waals surface area (Å²) in [6.45, 7) is 3.58. The Morgan fingerprint density at radius 3 is 2.56 bits per heavy atom. The molecule has 0 saturated heterocycles. The van der Waals surface area contributed by atoms with Gasteiger partial charge in [0.25, 0.3) is 15.9 Å². The standard InChI is InChI=1S/C19H22N2O4S2/c1-3-13-4-9-17-15(10-13)11-18(26-17)19(23)20-21-27(24,25)16-7-5-14(6-8-16)12(2)22/h5-8,11,13,21H,3-4,9-10H2,1-2H3,(H,20,23)/t13-/m0/s1. The van der Waals surface area contributed by atoms with Crippen LogP contribution in [0.4, 0.5) is 0 Å². The van der Waals surface area contributed by atoms with Crippen LogP contribution in [-0.2, 0) is 22.9 Å². The third kappa shape index (κ3) is 4.45. The van der Waals surface area contributed by atoms with Gasteiger partial charge in [-0.1, -0.05) is 25.5 Å². The van der Waals surface area contributed by atoms with Crippen LogP contribution in [0.3, 0.4) is 0 Å². The van der Waals surface area contributed by atoms with Crippen molar-refractivity contribution in [1.82, 2.24) is 10.3 Å². The van der Waals surface area contributed by atoms with E-state index >= 15 is 0 Å². The highest BCUT2D eigenvalue weighted by atomic mass is 32.2. The Morgan fingerprint density at radius 2 is 1.93 bits per heavy atom. The number of nitrogens with one attached hydrogen (secondary N) is 2. The molecule has 1 aromatic heterocycles. The number of fused-ring (bicyclic) bond motifs is 1. The van der Waals surface area contributed by atoms with Gasteiger partial charge in [0.2, 0.25) is 0 Å². The Hall–Kier alpha value is -2.03. The van der Waals surface area contributed by atoms with Crippen LogP contribution in [0.5, 0.6) is 0 Å². The molecule has 1 aliphatic rings. The van der Waals surface area contributed by atoms with E-state index in [0.29, 0.717) is 16.4 Å². The lowest BCUT2D eigenvalue weighted by molar-refractivity contribution is 0.0948. The van der Waals surface area contributed by atoms with Gasteiger partial charge in [0.15, 0.2) is 5.78 Å². The SMILES string of the molecule is CC[C@H]1CCc2sc(C(=O)NNS(=O)(=O)c3ccc(C(C)=O)cc3)cc2C1. The highest BCUT2D eigenvalue weighted by Gasteiger charge is 2.23. The molecule has 8 heteroatoms. The van der Waals surface area contributed by atoms with Gasteiger partial charge in [-0.3, -0.25) is 15.0 Å². The summed E-state index contributed by atoms with van der Waals surface area (Å²) >= 11 is 1.42. The Bertz CT molecular complexity index is 962. The van der Waals surface area contributed by atoms with Gasteiger partial charge in [-0.15, -0.1) is 16.2 Å². The van der Waals surface area contributed by atoms with E-state index in [0.717, 1.165) is 25.7 Å². The molecular formula is C19H22N2O4S2. The molecule has 1 heterocycles. The highest BCUT2D eigenvalue weighted by molar-refractivity contribution is 7.89. The molecule has 2 N–H and O–H groups in total. The minimum Gasteiger partial charge on any atom is -0.295 e. The molecule has 0 spiro atoms. The number of hydrazine groups is 1. The van der Waals surface area contributed by atoms with Crippen molar-refractivity contribution in [2.75, 3.05) is 0 Å². The lowest BCUT2D eigenvalue weighted by Crippen LogP contribution is -2.41. The summed E-state index contributed by atoms with van der Waals surface area (Å²) in [7, 11) is -3.91. The molecule has 3 rings (SSSR count). The van der Waals surface area contributed by atoms with E-state index in [2.05, 4.69) is 17.2 Å². The zero-order valence-electron chi connectivity index (χ0n) is 15.2. The summed E-state index contributed by atoms with van der Waals surface area (Å²) in [5.74, 6) is 0.0399. The third-order valence-electron chi connectivity index (χ3n) is 4.86. The van der Waals surface area contributed by atoms with Gasteiger partial charge in [0.1, 0.15) is 0 Å². The van der Waals surface area contributed by atoms with E-state index in [-0.39, 0.29) is 10.7 Å². The summed E-state index contributed by atoms with van der Waals surface area (Å²) in [5, 5.41) is 0. The van der Waals surface area contributed by atoms with Crippen LogP contribution in [0.15, 0.2) is 35.2 Å². The van der Waals surface area contributed by atoms with E-state index < -0.39 is 15.9 Å². The zero-order valence-corrected chi connectivity index (χ0v) is 16.9. The van der Waals surface area contributed by atoms with E-state index in [4.69, 9.17) is 0 Å². The van der Waals surface area contributed by atoms with Gasteiger partial charge in [-0.25, -0.2) is 8.42 Å². The summed E-state index contributed by atoms with van der Waals surface area (Å²) in [4.78, 5) is 27.5. The molecule has 27 heavy (non-hydrogen) atoms. The molecule has 0 unspecified atom stereocenters. The summed E-state index contributed by atoms with van der Waals surface area (Å²) in [6, 6.07) is 7.42. The molecule has 0 saturated carbocycles. The molecular weight excluding hydrogens is 384 g/mol. The number of aryl methyl sites for hydroxylation is 1. The molecule has 0 aliphatic heterocycles. The maximum absolute atomic E-state index is 12.4. The number of hydrogen-bond acceptors (Lipinski definition) is 5. The van der Waals surface area contributed by atoms with Crippen molar-refractivity contribution in [2.45, 2.75) is 44.4 Å². The Morgan fingerprint density at radius 1 is 1.22 bits per heavy atom. The number of Topliss-reactive ketones (excluding diaryl/α,β-unsaturated/α-hetero) is 1. The number of thiophene rings is 1. The number of carbonyl (C=O) groups excluding carboxylic acids is 2. The van der Waals surface area contributed by atoms with Crippen molar-refractivity contribution < 1.29 is 18.0 Å². The van der Waals surface area contributed by atoms with Crippen LogP contribution in [0.1, 0.15) is 57.2 Å². The minimum atomic E-state index is -3.91. The lowest BCUT2D eigenvalue weighted by atomic mass is 9.87. The lowest BCUT2D eigenvalue weighted by Gasteiger charge is -2.19. The molecule has 0 radical (unpaired) electrons. The van der Waals surface area contributed by atoms with Crippen molar-refractivity contribution >= 4 is 33.1 Å². The van der Waals surface area contributed by atoms with Crippen molar-refractivity contribution in [1.29, 1.82) is 0 Å². The third-order valence-corrected chi connectivity index (χ3v) is 7.36. The zero-order chi connectivity index (χ0) is 19.6. The van der Waals surface area contributed by atoms with Gasteiger partial charge in [0, 0.05) is 10.4 Å². The fraction of sp³-hybridized carbons (Fsp3) is 0.368. The number of sulfonamides is 1. The second-order valence-electron chi connectivity index (χ2n) is 6.72. The second-order valence-corrected chi connectivity index (χ2v) is 9.54. The number of rotatable bonds is 6. The molecule has 1 aliphatic carbocycles. The predicted molar refractivity (Wildman–Crippen MR) is 104 cm³/mol. The van der Waals surface area contributed by atoms with Crippen LogP contribution in [0.2, 0.25) is 0 Å². The molecule has 6 nitrogen and oxygen atoms in total. The summed E-state index contributed by atoms with van der Waals surface area (Å²) in [6.07, 6.45) is 4.21. The van der Waals surface area contributed by atoms with Crippen LogP contribution < -0.4 is 10.3 Å². The monoisotopic (exact) mass is 406 g/mol. The second kappa shape index (κ2) is 7.92. The molecule has 1 atom stereocenters. The maximum atomic E-state index is 12.4. The first-order valence-electron chi connectivity index (χ1n) is 8.85. The fourth-order valence-electron chi connectivity index (χ4n) is 3.16. The van der Waals surface area contributed by atoms with Crippen LogP contribution in [0.25, 0.3) is 0 Å². The number of hydrogen-bond donors (Lipinski definition) is 2. The number of benzene rings is 1. The van der Waals surface area contributed by atoms with E-state index in [9.17, 15) is 18.0 Å². The minimum absolute atomic E-state index is 0.0240. The van der Waals surface area contributed by atoms with Crippen LogP contribution in [-0.4, -0.2) is 20.1 Å². The first kappa shape index (κ1) is 19.7. The van der Waals surface area contributed by atoms with Gasteiger partial charge >= 0.3 is 0 Å². The van der Waals surface area contributed by atoms with E-state index in [1.807, 2.05) is 6.07 Å². The van der Waals surface area contributed by atoms with Gasteiger partial charge in [-0.2, -0.15) is 0 Å². The average Bonchev–Trinajstić information content (AvgIpc) is 3.09. The van der Waals surface area contributed by atoms with E-state index in [1.165, 1.54) is 53.0 Å². The first-order valence-corrected chi connectivity index (χ1v) is 11.1. The smallest absolute Gasteiger partial charge is 0.276 e.